The number of nitrogens with one attached hydrogen (secondary N) is 1. The highest BCUT2D eigenvalue weighted by Crippen LogP contribution is 2.39. The van der Waals surface area contributed by atoms with Crippen molar-refractivity contribution in [1.82, 2.24) is 29.5 Å². The molecular formula is C25H28F3N7O3. The van der Waals surface area contributed by atoms with E-state index in [1.165, 1.54) is 12.1 Å². The van der Waals surface area contributed by atoms with E-state index in [9.17, 15) is 18.3 Å². The van der Waals surface area contributed by atoms with Gasteiger partial charge in [-0.25, -0.2) is 9.97 Å². The average molecular weight is 532 g/mol. The molecule has 13 heteroatoms. The maximum atomic E-state index is 13.3. The lowest BCUT2D eigenvalue weighted by molar-refractivity contribution is -0.143. The van der Waals surface area contributed by atoms with Crippen molar-refractivity contribution in [2.75, 3.05) is 19.0 Å². The second kappa shape index (κ2) is 10.6. The maximum Gasteiger partial charge on any atom is 0.437 e. The third-order valence-corrected chi connectivity index (χ3v) is 6.69. The van der Waals surface area contributed by atoms with Gasteiger partial charge in [0.2, 0.25) is 0 Å². The van der Waals surface area contributed by atoms with Crippen molar-refractivity contribution < 1.29 is 28.1 Å². The summed E-state index contributed by atoms with van der Waals surface area (Å²) in [4.78, 5) is 7.92. The summed E-state index contributed by atoms with van der Waals surface area (Å²) >= 11 is 0. The van der Waals surface area contributed by atoms with Crippen molar-refractivity contribution in [2.24, 2.45) is 0 Å². The number of halogens is 3. The van der Waals surface area contributed by atoms with Crippen LogP contribution in [0.4, 0.5) is 19.0 Å². The summed E-state index contributed by atoms with van der Waals surface area (Å²) in [6.07, 6.45) is 2.87. The summed E-state index contributed by atoms with van der Waals surface area (Å²) in [5.41, 5.74) is 1.29. The zero-order chi connectivity index (χ0) is 26.9. The Morgan fingerprint density at radius 3 is 2.68 bits per heavy atom. The van der Waals surface area contributed by atoms with E-state index in [1.807, 2.05) is 10.7 Å². The number of pyridine rings is 2. The number of hydrogen-bond acceptors (Lipinski definition) is 8. The van der Waals surface area contributed by atoms with E-state index in [4.69, 9.17) is 14.9 Å². The smallest absolute Gasteiger partial charge is 0.437 e. The van der Waals surface area contributed by atoms with Crippen LogP contribution in [0.1, 0.15) is 37.4 Å². The fourth-order valence-corrected chi connectivity index (χ4v) is 4.81. The molecule has 202 valence electrons. The van der Waals surface area contributed by atoms with Gasteiger partial charge < -0.3 is 20.3 Å². The van der Waals surface area contributed by atoms with Gasteiger partial charge >= 0.3 is 6.18 Å². The molecular weight excluding hydrogens is 503 g/mol. The SMILES string of the molecule is CNc1cc2c(cn1)c(-c1cnn(C[C@H](O)CO)c1)nn2C1CCC(Oc2cccnc2C(F)(F)F)CC1. The van der Waals surface area contributed by atoms with E-state index in [0.29, 0.717) is 37.2 Å². The van der Waals surface area contributed by atoms with Crippen LogP contribution in [-0.2, 0) is 12.7 Å². The number of aromatic nitrogens is 6. The van der Waals surface area contributed by atoms with Gasteiger partial charge in [0.15, 0.2) is 11.4 Å². The van der Waals surface area contributed by atoms with Crippen LogP contribution in [0.25, 0.3) is 22.2 Å². The lowest BCUT2D eigenvalue weighted by Crippen LogP contribution is -2.27. The summed E-state index contributed by atoms with van der Waals surface area (Å²) < 4.78 is 49.2. The monoisotopic (exact) mass is 531 g/mol. The van der Waals surface area contributed by atoms with E-state index in [2.05, 4.69) is 20.4 Å². The van der Waals surface area contributed by atoms with Gasteiger partial charge in [0.05, 0.1) is 43.1 Å². The molecule has 3 N–H and O–H groups in total. The molecule has 0 amide bonds. The van der Waals surface area contributed by atoms with Crippen LogP contribution >= 0.6 is 0 Å². The molecule has 0 spiro atoms. The van der Waals surface area contributed by atoms with Crippen molar-refractivity contribution in [3.8, 4) is 17.0 Å². The standard InChI is InChI=1S/C25H28F3N7O3/c1-29-22-9-20-19(11-31-22)23(15-10-32-34(12-15)13-17(37)14-36)33-35(20)16-4-6-18(7-5-16)38-21-3-2-8-30-24(21)25(26,27)28/h2-3,8-12,16-18,36-37H,4-7,13-14H2,1H3,(H,29,31)/t16?,17-,18?/m0/s1. The number of anilines is 1. The largest absolute Gasteiger partial charge is 0.488 e. The van der Waals surface area contributed by atoms with Gasteiger partial charge in [-0.05, 0) is 37.8 Å². The Bertz CT molecular complexity index is 1400. The predicted molar refractivity (Wildman–Crippen MR) is 133 cm³/mol. The summed E-state index contributed by atoms with van der Waals surface area (Å²) in [5.74, 6) is 0.434. The minimum atomic E-state index is -4.58. The Hall–Kier alpha value is -3.71. The first-order chi connectivity index (χ1) is 18.3. The number of ether oxygens (including phenoxy) is 1. The highest BCUT2D eigenvalue weighted by molar-refractivity contribution is 5.93. The topological polar surface area (TPSA) is 123 Å². The molecule has 38 heavy (non-hydrogen) atoms. The zero-order valence-corrected chi connectivity index (χ0v) is 20.6. The number of aliphatic hydroxyl groups excluding tert-OH is 2. The molecule has 1 fully saturated rings. The molecule has 10 nitrogen and oxygen atoms in total. The first-order valence-electron chi connectivity index (χ1n) is 12.3. The molecule has 0 bridgehead atoms. The molecule has 1 saturated carbocycles. The van der Waals surface area contributed by atoms with Crippen molar-refractivity contribution in [3.05, 3.63) is 48.7 Å². The first-order valence-corrected chi connectivity index (χ1v) is 12.3. The molecule has 1 aliphatic carbocycles. The lowest BCUT2D eigenvalue weighted by atomic mass is 9.93. The molecule has 1 atom stereocenters. The Balaban J connectivity index is 1.38. The Labute approximate surface area is 216 Å². The third kappa shape index (κ3) is 5.29. The Kier molecular flexibility index (Phi) is 7.21. The van der Waals surface area contributed by atoms with Crippen molar-refractivity contribution >= 4 is 16.7 Å². The van der Waals surface area contributed by atoms with Gasteiger partial charge in [-0.1, -0.05) is 0 Å². The summed E-state index contributed by atoms with van der Waals surface area (Å²) in [5, 5.41) is 31.9. The van der Waals surface area contributed by atoms with Crippen LogP contribution in [0.5, 0.6) is 5.75 Å². The van der Waals surface area contributed by atoms with E-state index in [0.717, 1.165) is 22.7 Å². The number of hydrogen-bond donors (Lipinski definition) is 3. The third-order valence-electron chi connectivity index (χ3n) is 6.69. The second-order valence-electron chi connectivity index (χ2n) is 9.31. The van der Waals surface area contributed by atoms with Gasteiger partial charge in [0, 0.05) is 42.7 Å². The number of fused-ring (bicyclic) bond motifs is 1. The summed E-state index contributed by atoms with van der Waals surface area (Å²) in [7, 11) is 1.78. The second-order valence-corrected chi connectivity index (χ2v) is 9.31. The fourth-order valence-electron chi connectivity index (χ4n) is 4.81. The predicted octanol–water partition coefficient (Wildman–Crippen LogP) is 3.67. The summed E-state index contributed by atoms with van der Waals surface area (Å²) in [6.45, 7) is -0.220. The van der Waals surface area contributed by atoms with Crippen LogP contribution in [0.15, 0.2) is 43.0 Å². The quantitative estimate of drug-likeness (QED) is 0.315. The van der Waals surface area contributed by atoms with Crippen molar-refractivity contribution in [3.63, 3.8) is 0 Å². The highest BCUT2D eigenvalue weighted by atomic mass is 19.4. The number of alkyl halides is 3. The van der Waals surface area contributed by atoms with Gasteiger partial charge in [-0.15, -0.1) is 0 Å². The molecule has 0 unspecified atom stereocenters. The molecule has 4 heterocycles. The van der Waals surface area contributed by atoms with Crippen LogP contribution in [0, 0.1) is 0 Å². The van der Waals surface area contributed by atoms with Crippen LogP contribution in [-0.4, -0.2) is 65.6 Å². The summed E-state index contributed by atoms with van der Waals surface area (Å²) in [6, 6.07) is 4.68. The number of aliphatic hydroxyl groups is 2. The minimum absolute atomic E-state index is 0.0143. The fraction of sp³-hybridized carbons (Fsp3) is 0.440. The molecule has 0 saturated heterocycles. The van der Waals surface area contributed by atoms with E-state index in [1.54, 1.807) is 30.3 Å². The molecule has 0 aromatic carbocycles. The maximum absolute atomic E-state index is 13.3. The molecule has 5 rings (SSSR count). The van der Waals surface area contributed by atoms with Crippen molar-refractivity contribution in [2.45, 2.75) is 56.7 Å². The molecule has 0 aliphatic heterocycles. The highest BCUT2D eigenvalue weighted by Gasteiger charge is 2.37. The van der Waals surface area contributed by atoms with E-state index < -0.39 is 18.0 Å². The van der Waals surface area contributed by atoms with Crippen LogP contribution < -0.4 is 10.1 Å². The van der Waals surface area contributed by atoms with Gasteiger partial charge in [0.25, 0.3) is 0 Å². The molecule has 1 aliphatic rings. The van der Waals surface area contributed by atoms with Crippen LogP contribution in [0.3, 0.4) is 0 Å². The molecule has 4 aromatic heterocycles. The zero-order valence-electron chi connectivity index (χ0n) is 20.6. The minimum Gasteiger partial charge on any atom is -0.488 e. The van der Waals surface area contributed by atoms with E-state index >= 15 is 0 Å². The van der Waals surface area contributed by atoms with Crippen LogP contribution in [0.2, 0.25) is 0 Å². The Morgan fingerprint density at radius 1 is 1.18 bits per heavy atom. The number of nitrogens with zero attached hydrogens (tertiary/aromatic N) is 6. The molecule has 4 aromatic rings. The van der Waals surface area contributed by atoms with Gasteiger partial charge in [-0.3, -0.25) is 9.36 Å². The average Bonchev–Trinajstić information content (AvgIpc) is 3.53. The van der Waals surface area contributed by atoms with Gasteiger partial charge in [-0.2, -0.15) is 23.4 Å². The van der Waals surface area contributed by atoms with Gasteiger partial charge in [0.1, 0.15) is 11.5 Å². The normalized spacial score (nSPS) is 19.0. The van der Waals surface area contributed by atoms with Crippen molar-refractivity contribution in [1.29, 1.82) is 0 Å². The molecule has 0 radical (unpaired) electrons. The Morgan fingerprint density at radius 2 is 1.97 bits per heavy atom. The first kappa shape index (κ1) is 25.9. The lowest BCUT2D eigenvalue weighted by Gasteiger charge is -2.30. The number of rotatable bonds is 8. The van der Waals surface area contributed by atoms with E-state index in [-0.39, 0.29) is 31.0 Å².